The molecule has 1 heterocycles. The van der Waals surface area contributed by atoms with Gasteiger partial charge in [-0.2, -0.15) is 0 Å². The normalized spacial score (nSPS) is 17.6. The monoisotopic (exact) mass is 889 g/mol. The molecule has 4 unspecified atom stereocenters. The summed E-state index contributed by atoms with van der Waals surface area (Å²) in [5, 5.41) is 18.4. The number of aliphatic hydroxyl groups is 2. The number of phosphoric ester groups is 1. The van der Waals surface area contributed by atoms with Gasteiger partial charge in [0.15, 0.2) is 6.10 Å². The summed E-state index contributed by atoms with van der Waals surface area (Å²) in [4.78, 5) is 35.2. The van der Waals surface area contributed by atoms with Crippen LogP contribution in [0.5, 0.6) is 0 Å². The first-order chi connectivity index (χ1) is 29.6. The van der Waals surface area contributed by atoms with E-state index in [0.717, 1.165) is 63.7 Å². The van der Waals surface area contributed by atoms with E-state index in [2.05, 4.69) is 32.9 Å². The molecule has 0 spiro atoms. The van der Waals surface area contributed by atoms with Gasteiger partial charge >= 0.3 is 19.8 Å². The molecule has 0 aliphatic carbocycles. The minimum absolute atomic E-state index is 0.167. The van der Waals surface area contributed by atoms with Crippen LogP contribution in [0.2, 0.25) is 0 Å². The topological polar surface area (TPSA) is 161 Å². The molecule has 360 valence electrons. The lowest BCUT2D eigenvalue weighted by atomic mass is 9.99. The predicted octanol–water partition coefficient (Wildman–Crippen LogP) is 12.8. The summed E-state index contributed by atoms with van der Waals surface area (Å²) in [6, 6.07) is 0. The van der Waals surface area contributed by atoms with Crippen LogP contribution in [-0.2, 0) is 37.4 Å². The average Bonchev–Trinajstić information content (AvgIpc) is 4.01. The molecule has 3 N–H and O–H groups in total. The van der Waals surface area contributed by atoms with Gasteiger partial charge in [0.05, 0.1) is 32.0 Å². The van der Waals surface area contributed by atoms with Crippen molar-refractivity contribution in [1.29, 1.82) is 0 Å². The van der Waals surface area contributed by atoms with Crippen molar-refractivity contribution >= 4 is 19.8 Å². The molecular weight excluding hydrogens is 796 g/mol. The number of epoxide rings is 1. The lowest BCUT2D eigenvalue weighted by Gasteiger charge is -2.20. The third kappa shape index (κ3) is 37.7. The van der Waals surface area contributed by atoms with Crippen LogP contribution in [0.15, 0.2) is 12.2 Å². The highest BCUT2D eigenvalue weighted by Crippen LogP contribution is 2.43. The Kier molecular flexibility index (Phi) is 38.0. The van der Waals surface area contributed by atoms with Crippen LogP contribution in [0.25, 0.3) is 0 Å². The Balaban J connectivity index is 2.15. The summed E-state index contributed by atoms with van der Waals surface area (Å²) >= 11 is 0. The first kappa shape index (κ1) is 57.7. The molecule has 1 rings (SSSR count). The molecule has 1 aliphatic rings. The molecule has 0 aromatic rings. The van der Waals surface area contributed by atoms with E-state index in [-0.39, 0.29) is 19.4 Å². The van der Waals surface area contributed by atoms with Gasteiger partial charge in [-0.3, -0.25) is 18.6 Å². The zero-order chi connectivity index (χ0) is 44.7. The van der Waals surface area contributed by atoms with Gasteiger partial charge in [-0.25, -0.2) is 4.57 Å². The van der Waals surface area contributed by atoms with E-state index < -0.39 is 51.8 Å². The van der Waals surface area contributed by atoms with Crippen molar-refractivity contribution < 1.29 is 52.5 Å². The van der Waals surface area contributed by atoms with Crippen LogP contribution >= 0.6 is 7.82 Å². The molecule has 0 amide bonds. The highest BCUT2D eigenvalue weighted by atomic mass is 31.2. The zero-order valence-electron chi connectivity index (χ0n) is 39.3. The minimum atomic E-state index is -4.63. The molecule has 0 aromatic carbocycles. The third-order valence-corrected chi connectivity index (χ3v) is 12.8. The molecule has 12 heteroatoms. The van der Waals surface area contributed by atoms with Crippen molar-refractivity contribution in [3.05, 3.63) is 12.2 Å². The van der Waals surface area contributed by atoms with Crippen LogP contribution in [0, 0.1) is 5.92 Å². The molecule has 0 radical (unpaired) electrons. The molecule has 1 saturated heterocycles. The summed E-state index contributed by atoms with van der Waals surface area (Å²) in [5.74, 6) is -0.0402. The number of unbranched alkanes of at least 4 members (excludes halogenated alkanes) is 24. The SMILES string of the molecule is CCCCCC1OC1C/C=C\CCCCCCCC(=O)O[C@H](COC(=O)CCCCCCCCCCCCCCCCCCCCC(C)CC)COP(=O)(O)OC[C@@H](O)CO. The molecule has 0 bridgehead atoms. The molecule has 61 heavy (non-hydrogen) atoms. The van der Waals surface area contributed by atoms with Gasteiger partial charge in [-0.05, 0) is 44.4 Å². The first-order valence-electron chi connectivity index (χ1n) is 25.2. The summed E-state index contributed by atoms with van der Waals surface area (Å²) in [7, 11) is -4.63. The van der Waals surface area contributed by atoms with Crippen LogP contribution in [-0.4, -0.2) is 77.9 Å². The van der Waals surface area contributed by atoms with Crippen molar-refractivity contribution in [2.75, 3.05) is 26.4 Å². The Bertz CT molecular complexity index is 1100. The van der Waals surface area contributed by atoms with Crippen LogP contribution in [0.3, 0.4) is 0 Å². The Morgan fingerprint density at radius 2 is 1.15 bits per heavy atom. The van der Waals surface area contributed by atoms with Gasteiger partial charge in [0.25, 0.3) is 0 Å². The fourth-order valence-corrected chi connectivity index (χ4v) is 8.30. The Labute approximate surface area is 372 Å². The maximum atomic E-state index is 12.7. The van der Waals surface area contributed by atoms with Crippen LogP contribution in [0.1, 0.15) is 233 Å². The number of allylic oxidation sites excluding steroid dienone is 1. The van der Waals surface area contributed by atoms with Crippen molar-refractivity contribution in [2.24, 2.45) is 5.92 Å². The first-order valence-corrected chi connectivity index (χ1v) is 26.7. The lowest BCUT2D eigenvalue weighted by molar-refractivity contribution is -0.161. The van der Waals surface area contributed by atoms with Crippen molar-refractivity contribution in [1.82, 2.24) is 0 Å². The second-order valence-electron chi connectivity index (χ2n) is 17.8. The number of aliphatic hydroxyl groups excluding tert-OH is 2. The number of hydrogen-bond donors (Lipinski definition) is 3. The number of carbonyl (C=O) groups is 2. The fraction of sp³-hybridized carbons (Fsp3) is 0.918. The molecule has 0 saturated carbocycles. The average molecular weight is 889 g/mol. The van der Waals surface area contributed by atoms with Crippen molar-refractivity contribution in [3.63, 3.8) is 0 Å². The summed E-state index contributed by atoms with van der Waals surface area (Å²) in [6.45, 7) is 4.76. The van der Waals surface area contributed by atoms with E-state index in [1.165, 1.54) is 128 Å². The molecule has 0 aromatic heterocycles. The van der Waals surface area contributed by atoms with Gasteiger partial charge in [0, 0.05) is 12.8 Å². The fourth-order valence-electron chi connectivity index (χ4n) is 7.51. The molecule has 1 fully saturated rings. The number of esters is 2. The second kappa shape index (κ2) is 40.2. The standard InChI is InChI=1S/C49H93O11P/c1-4-6-29-35-46-47(60-46)36-31-26-22-19-20-24-28-33-38-49(53)59-45(42-58-61(54,55)57-40-44(51)39-50)41-56-48(52)37-32-27-23-18-16-14-12-10-8-7-9-11-13-15-17-21-25-30-34-43(3)5-2/h26,31,43-47,50-51H,4-25,27-30,32-42H2,1-3H3,(H,54,55)/b31-26-/t43?,44-,45+,46?,47?/m0/s1. The number of ether oxygens (including phenoxy) is 3. The van der Waals surface area contributed by atoms with E-state index >= 15 is 0 Å². The van der Waals surface area contributed by atoms with Crippen LogP contribution < -0.4 is 0 Å². The third-order valence-electron chi connectivity index (χ3n) is 11.9. The van der Waals surface area contributed by atoms with Crippen molar-refractivity contribution in [2.45, 2.75) is 257 Å². The lowest BCUT2D eigenvalue weighted by Crippen LogP contribution is -2.29. The highest BCUT2D eigenvalue weighted by Gasteiger charge is 2.36. The molecular formula is C49H93O11P. The van der Waals surface area contributed by atoms with Crippen molar-refractivity contribution in [3.8, 4) is 0 Å². The summed E-state index contributed by atoms with van der Waals surface area (Å²) < 4.78 is 38.6. The Morgan fingerprint density at radius 3 is 1.69 bits per heavy atom. The van der Waals surface area contributed by atoms with E-state index in [0.29, 0.717) is 25.0 Å². The van der Waals surface area contributed by atoms with Gasteiger partial charge in [0.2, 0.25) is 0 Å². The number of rotatable bonds is 46. The van der Waals surface area contributed by atoms with Crippen LogP contribution in [0.4, 0.5) is 0 Å². The van der Waals surface area contributed by atoms with E-state index in [9.17, 15) is 24.2 Å². The van der Waals surface area contributed by atoms with Gasteiger partial charge < -0.3 is 29.3 Å². The summed E-state index contributed by atoms with van der Waals surface area (Å²) in [5.41, 5.74) is 0. The quantitative estimate of drug-likeness (QED) is 0.0175. The van der Waals surface area contributed by atoms with E-state index in [1.807, 2.05) is 0 Å². The zero-order valence-corrected chi connectivity index (χ0v) is 40.2. The predicted molar refractivity (Wildman–Crippen MR) is 246 cm³/mol. The largest absolute Gasteiger partial charge is 0.472 e. The Morgan fingerprint density at radius 1 is 0.639 bits per heavy atom. The number of carbonyl (C=O) groups excluding carboxylic acids is 2. The van der Waals surface area contributed by atoms with Gasteiger partial charge in [-0.15, -0.1) is 0 Å². The van der Waals surface area contributed by atoms with E-state index in [1.54, 1.807) is 0 Å². The van der Waals surface area contributed by atoms with Gasteiger partial charge in [0.1, 0.15) is 12.7 Å². The maximum Gasteiger partial charge on any atom is 0.472 e. The number of hydrogen-bond acceptors (Lipinski definition) is 10. The summed E-state index contributed by atoms with van der Waals surface area (Å²) in [6.07, 6.45) is 40.6. The molecule has 11 nitrogen and oxygen atoms in total. The smallest absolute Gasteiger partial charge is 0.462 e. The molecule has 6 atom stereocenters. The highest BCUT2D eigenvalue weighted by molar-refractivity contribution is 7.47. The Hall–Kier alpha value is -1.33. The number of phosphoric acid groups is 1. The van der Waals surface area contributed by atoms with E-state index in [4.69, 9.17) is 28.4 Å². The maximum absolute atomic E-state index is 12.7. The van der Waals surface area contributed by atoms with Gasteiger partial charge in [-0.1, -0.05) is 193 Å². The second-order valence-corrected chi connectivity index (χ2v) is 19.3. The minimum Gasteiger partial charge on any atom is -0.462 e. The molecule has 1 aliphatic heterocycles.